The van der Waals surface area contributed by atoms with Crippen molar-refractivity contribution in [1.29, 1.82) is 0 Å². The highest BCUT2D eigenvalue weighted by molar-refractivity contribution is 7.92. The van der Waals surface area contributed by atoms with Gasteiger partial charge < -0.3 is 9.47 Å². The van der Waals surface area contributed by atoms with Gasteiger partial charge in [0.05, 0.1) is 16.1 Å². The Morgan fingerprint density at radius 1 is 0.900 bits per heavy atom. The Hall–Kier alpha value is -3.32. The summed E-state index contributed by atoms with van der Waals surface area (Å²) < 4.78 is 38.4. The van der Waals surface area contributed by atoms with Gasteiger partial charge in [-0.2, -0.15) is 0 Å². The van der Waals surface area contributed by atoms with E-state index in [4.69, 9.17) is 9.47 Å². The molecule has 7 heteroatoms. The van der Waals surface area contributed by atoms with Crippen LogP contribution in [-0.4, -0.2) is 34.1 Å². The number of sulfonamides is 1. The van der Waals surface area contributed by atoms with Crippen molar-refractivity contribution in [3.05, 3.63) is 90.0 Å². The van der Waals surface area contributed by atoms with E-state index in [-0.39, 0.29) is 23.7 Å². The van der Waals surface area contributed by atoms with Gasteiger partial charge in [0.1, 0.15) is 19.0 Å². The minimum absolute atomic E-state index is 0.0597. The normalized spacial score (nSPS) is 13.0. The molecule has 0 spiro atoms. The maximum absolute atomic E-state index is 13.1. The number of esters is 1. The SMILES string of the molecule is O=C(OCCOc1ccccc1)c1cccc(S(=O)(=O)N2CCc3ccccc32)c1. The molecule has 0 amide bonds. The molecule has 0 bridgehead atoms. The smallest absolute Gasteiger partial charge is 0.338 e. The Labute approximate surface area is 175 Å². The molecule has 0 atom stereocenters. The highest BCUT2D eigenvalue weighted by atomic mass is 32.2. The van der Waals surface area contributed by atoms with E-state index in [2.05, 4.69) is 0 Å². The van der Waals surface area contributed by atoms with Crippen LogP contribution in [0.2, 0.25) is 0 Å². The third kappa shape index (κ3) is 4.16. The van der Waals surface area contributed by atoms with Gasteiger partial charge in [0.25, 0.3) is 10.0 Å². The molecule has 0 saturated heterocycles. The van der Waals surface area contributed by atoms with E-state index in [9.17, 15) is 13.2 Å². The highest BCUT2D eigenvalue weighted by Gasteiger charge is 2.31. The third-order valence-electron chi connectivity index (χ3n) is 4.83. The fourth-order valence-corrected chi connectivity index (χ4v) is 4.91. The van der Waals surface area contributed by atoms with Gasteiger partial charge in [-0.05, 0) is 48.4 Å². The molecular weight excluding hydrogens is 402 g/mol. The van der Waals surface area contributed by atoms with Crippen molar-refractivity contribution in [2.24, 2.45) is 0 Å². The zero-order valence-electron chi connectivity index (χ0n) is 16.2. The van der Waals surface area contributed by atoms with Crippen LogP contribution in [0.15, 0.2) is 83.8 Å². The summed E-state index contributed by atoms with van der Waals surface area (Å²) in [5.41, 5.74) is 1.86. The lowest BCUT2D eigenvalue weighted by molar-refractivity contribution is 0.0450. The molecule has 1 aliphatic heterocycles. The van der Waals surface area contributed by atoms with Gasteiger partial charge >= 0.3 is 5.97 Å². The summed E-state index contributed by atoms with van der Waals surface area (Å²) in [5, 5.41) is 0. The van der Waals surface area contributed by atoms with Gasteiger partial charge in [0.2, 0.25) is 0 Å². The zero-order chi connectivity index (χ0) is 21.0. The quantitative estimate of drug-likeness (QED) is 0.428. The molecule has 154 valence electrons. The number of carbonyl (C=O) groups is 1. The van der Waals surface area contributed by atoms with Crippen LogP contribution in [0.25, 0.3) is 0 Å². The number of ether oxygens (including phenoxy) is 2. The number of rotatable bonds is 7. The van der Waals surface area contributed by atoms with E-state index < -0.39 is 16.0 Å². The molecule has 3 aromatic carbocycles. The Kier molecular flexibility index (Phi) is 5.72. The molecule has 1 heterocycles. The van der Waals surface area contributed by atoms with E-state index in [1.54, 1.807) is 12.1 Å². The minimum Gasteiger partial charge on any atom is -0.490 e. The van der Waals surface area contributed by atoms with Gasteiger partial charge in [-0.3, -0.25) is 4.31 Å². The maximum atomic E-state index is 13.1. The minimum atomic E-state index is -3.77. The van der Waals surface area contributed by atoms with Gasteiger partial charge in [-0.1, -0.05) is 42.5 Å². The van der Waals surface area contributed by atoms with Crippen molar-refractivity contribution < 1.29 is 22.7 Å². The number of nitrogens with zero attached hydrogens (tertiary/aromatic N) is 1. The summed E-state index contributed by atoms with van der Waals surface area (Å²) in [6.45, 7) is 0.649. The van der Waals surface area contributed by atoms with E-state index >= 15 is 0 Å². The van der Waals surface area contributed by atoms with Crippen LogP contribution in [-0.2, 0) is 21.2 Å². The summed E-state index contributed by atoms with van der Waals surface area (Å²) in [5.74, 6) is 0.0954. The maximum Gasteiger partial charge on any atom is 0.338 e. The summed E-state index contributed by atoms with van der Waals surface area (Å²) >= 11 is 0. The fraction of sp³-hybridized carbons (Fsp3) is 0.174. The van der Waals surface area contributed by atoms with Gasteiger partial charge in [-0.15, -0.1) is 0 Å². The van der Waals surface area contributed by atoms with Crippen LogP contribution >= 0.6 is 0 Å². The third-order valence-corrected chi connectivity index (χ3v) is 6.64. The summed E-state index contributed by atoms with van der Waals surface area (Å²) in [6, 6.07) is 22.6. The average Bonchev–Trinajstić information content (AvgIpc) is 3.22. The topological polar surface area (TPSA) is 72.9 Å². The monoisotopic (exact) mass is 423 g/mol. The number of para-hydroxylation sites is 2. The second-order valence-electron chi connectivity index (χ2n) is 6.78. The molecule has 0 unspecified atom stereocenters. The molecule has 0 fully saturated rings. The largest absolute Gasteiger partial charge is 0.490 e. The van der Waals surface area contributed by atoms with Crippen molar-refractivity contribution in [2.75, 3.05) is 24.1 Å². The first-order chi connectivity index (χ1) is 14.6. The first-order valence-electron chi connectivity index (χ1n) is 9.61. The number of carbonyl (C=O) groups excluding carboxylic acids is 1. The van der Waals surface area contributed by atoms with E-state index in [0.29, 0.717) is 24.4 Å². The van der Waals surface area contributed by atoms with Crippen LogP contribution in [0.3, 0.4) is 0 Å². The van der Waals surface area contributed by atoms with Crippen LogP contribution in [0.4, 0.5) is 5.69 Å². The summed E-state index contributed by atoms with van der Waals surface area (Å²) in [6.07, 6.45) is 0.665. The number of fused-ring (bicyclic) bond motifs is 1. The molecule has 0 radical (unpaired) electrons. The molecule has 30 heavy (non-hydrogen) atoms. The molecule has 6 nitrogen and oxygen atoms in total. The fourth-order valence-electron chi connectivity index (χ4n) is 3.36. The molecule has 3 aromatic rings. The van der Waals surface area contributed by atoms with Crippen LogP contribution in [0.1, 0.15) is 15.9 Å². The molecule has 0 N–H and O–H groups in total. The Balaban J connectivity index is 1.43. The first kappa shape index (κ1) is 20.0. The zero-order valence-corrected chi connectivity index (χ0v) is 17.0. The van der Waals surface area contributed by atoms with Crippen molar-refractivity contribution in [3.63, 3.8) is 0 Å². The van der Waals surface area contributed by atoms with Crippen molar-refractivity contribution in [3.8, 4) is 5.75 Å². The van der Waals surface area contributed by atoms with Gasteiger partial charge in [0, 0.05) is 6.54 Å². The Morgan fingerprint density at radius 3 is 2.50 bits per heavy atom. The lowest BCUT2D eigenvalue weighted by Gasteiger charge is -2.19. The second kappa shape index (κ2) is 8.59. The van der Waals surface area contributed by atoms with Gasteiger partial charge in [0.15, 0.2) is 0 Å². The number of benzene rings is 3. The molecule has 0 aliphatic carbocycles. The molecular formula is C23H21NO5S. The van der Waals surface area contributed by atoms with E-state index in [0.717, 1.165) is 5.56 Å². The number of hydrogen-bond donors (Lipinski definition) is 0. The molecule has 0 aromatic heterocycles. The van der Waals surface area contributed by atoms with Crippen molar-refractivity contribution in [1.82, 2.24) is 0 Å². The second-order valence-corrected chi connectivity index (χ2v) is 8.64. The van der Waals surface area contributed by atoms with Crippen LogP contribution in [0.5, 0.6) is 5.75 Å². The summed E-state index contributed by atoms with van der Waals surface area (Å²) in [4.78, 5) is 12.4. The summed E-state index contributed by atoms with van der Waals surface area (Å²) in [7, 11) is -3.77. The average molecular weight is 423 g/mol. The first-order valence-corrected chi connectivity index (χ1v) is 11.1. The Bertz CT molecular complexity index is 1150. The van der Waals surface area contributed by atoms with E-state index in [1.807, 2.05) is 48.5 Å². The number of hydrogen-bond acceptors (Lipinski definition) is 5. The van der Waals surface area contributed by atoms with Crippen LogP contribution in [0, 0.1) is 0 Å². The molecule has 1 aliphatic rings. The highest BCUT2D eigenvalue weighted by Crippen LogP contribution is 2.32. The van der Waals surface area contributed by atoms with E-state index in [1.165, 1.54) is 22.5 Å². The lowest BCUT2D eigenvalue weighted by Crippen LogP contribution is -2.29. The van der Waals surface area contributed by atoms with Gasteiger partial charge in [-0.25, -0.2) is 13.2 Å². The standard InChI is InChI=1S/C23H21NO5S/c25-23(29-16-15-28-20-9-2-1-3-10-20)19-8-6-11-21(17-19)30(26,27)24-14-13-18-7-4-5-12-22(18)24/h1-12,17H,13-16H2. The van der Waals surface area contributed by atoms with Crippen LogP contribution < -0.4 is 9.04 Å². The molecule has 0 saturated carbocycles. The Morgan fingerprint density at radius 2 is 1.67 bits per heavy atom. The predicted octanol–water partition coefficient (Wildman–Crippen LogP) is 3.67. The number of anilines is 1. The van der Waals surface area contributed by atoms with Crippen molar-refractivity contribution in [2.45, 2.75) is 11.3 Å². The predicted molar refractivity (Wildman–Crippen MR) is 113 cm³/mol. The lowest BCUT2D eigenvalue weighted by atomic mass is 10.2. The van der Waals surface area contributed by atoms with Crippen molar-refractivity contribution >= 4 is 21.7 Å². The molecule has 4 rings (SSSR count).